The Morgan fingerprint density at radius 3 is 2.26 bits per heavy atom. The molecule has 0 unspecified atom stereocenters. The van der Waals surface area contributed by atoms with Gasteiger partial charge in [0.15, 0.2) is 0 Å². The first-order chi connectivity index (χ1) is 14.9. The van der Waals surface area contributed by atoms with Gasteiger partial charge in [0.2, 0.25) is 11.8 Å². The minimum absolute atomic E-state index is 0.0239. The van der Waals surface area contributed by atoms with Crippen molar-refractivity contribution in [3.8, 4) is 5.88 Å². The first kappa shape index (κ1) is 22.1. The van der Waals surface area contributed by atoms with E-state index in [4.69, 9.17) is 0 Å². The predicted molar refractivity (Wildman–Crippen MR) is 122 cm³/mol. The van der Waals surface area contributed by atoms with Crippen LogP contribution in [0.4, 0.5) is 5.69 Å². The highest BCUT2D eigenvalue weighted by Crippen LogP contribution is 2.22. The highest BCUT2D eigenvalue weighted by molar-refractivity contribution is 8.15. The summed E-state index contributed by atoms with van der Waals surface area (Å²) < 4.78 is 1.86. The molecule has 31 heavy (non-hydrogen) atoms. The Morgan fingerprint density at radius 2 is 1.61 bits per heavy atom. The summed E-state index contributed by atoms with van der Waals surface area (Å²) in [5, 5.41) is 13.5. The zero-order valence-electron chi connectivity index (χ0n) is 17.1. The monoisotopic (exact) mass is 438 g/mol. The number of nitrogens with one attached hydrogen (secondary N) is 1. The summed E-state index contributed by atoms with van der Waals surface area (Å²) in [5.74, 6) is -0.778. The standard InChI is InChI=1S/C22H22N4O4S/c1-25-20(28)18(21(29)26(2)22(25)30)19(24-16-11-7-4-8-12-16)31-14-17(27)23-13-15-9-5-3-6-10-15/h3-12,28H,13-14H2,1-2H3,(H,23,27). The van der Waals surface area contributed by atoms with E-state index in [1.165, 1.54) is 14.1 Å². The van der Waals surface area contributed by atoms with Gasteiger partial charge < -0.3 is 10.4 Å². The topological polar surface area (TPSA) is 106 Å². The van der Waals surface area contributed by atoms with Crippen LogP contribution in [0.15, 0.2) is 75.2 Å². The second-order valence-corrected chi connectivity index (χ2v) is 7.67. The second-order valence-electron chi connectivity index (χ2n) is 6.71. The molecule has 0 saturated heterocycles. The Morgan fingerprint density at radius 1 is 1.00 bits per heavy atom. The molecule has 0 radical (unpaired) electrons. The van der Waals surface area contributed by atoms with Gasteiger partial charge in [-0.3, -0.25) is 18.7 Å². The van der Waals surface area contributed by atoms with Crippen molar-refractivity contribution in [1.29, 1.82) is 0 Å². The maximum atomic E-state index is 12.7. The van der Waals surface area contributed by atoms with Crippen molar-refractivity contribution < 1.29 is 9.90 Å². The Bertz CT molecular complexity index is 1220. The molecule has 0 bridgehead atoms. The molecule has 9 heteroatoms. The number of benzene rings is 2. The number of rotatable bonds is 6. The minimum Gasteiger partial charge on any atom is -0.494 e. The van der Waals surface area contributed by atoms with Gasteiger partial charge in [-0.15, -0.1) is 0 Å². The Kier molecular flexibility index (Phi) is 7.09. The predicted octanol–water partition coefficient (Wildman–Crippen LogP) is 1.92. The van der Waals surface area contributed by atoms with Crippen LogP contribution in [0.5, 0.6) is 5.88 Å². The van der Waals surface area contributed by atoms with E-state index >= 15 is 0 Å². The SMILES string of the molecule is Cn1c(O)c(C(=Nc2ccccc2)SCC(=O)NCc2ccccc2)c(=O)n(C)c1=O. The molecule has 160 valence electrons. The fourth-order valence-corrected chi connectivity index (χ4v) is 3.64. The third-order valence-electron chi connectivity index (χ3n) is 4.51. The molecule has 2 N–H and O–H groups in total. The lowest BCUT2D eigenvalue weighted by atomic mass is 10.2. The molecular weight excluding hydrogens is 416 g/mol. The van der Waals surface area contributed by atoms with E-state index in [0.717, 1.165) is 26.5 Å². The molecule has 2 aromatic carbocycles. The van der Waals surface area contributed by atoms with Gasteiger partial charge in [0, 0.05) is 20.6 Å². The van der Waals surface area contributed by atoms with Crippen molar-refractivity contribution >= 4 is 28.4 Å². The second kappa shape index (κ2) is 9.94. The molecule has 1 amide bonds. The van der Waals surface area contributed by atoms with Crippen molar-refractivity contribution in [2.45, 2.75) is 6.54 Å². The molecule has 3 rings (SSSR count). The van der Waals surface area contributed by atoms with Crippen molar-refractivity contribution in [3.05, 3.63) is 92.6 Å². The number of nitrogens with zero attached hydrogens (tertiary/aromatic N) is 3. The van der Waals surface area contributed by atoms with E-state index in [1.54, 1.807) is 24.3 Å². The fraction of sp³-hybridized carbons (Fsp3) is 0.182. The van der Waals surface area contributed by atoms with E-state index in [9.17, 15) is 19.5 Å². The third-order valence-corrected chi connectivity index (χ3v) is 5.48. The quantitative estimate of drug-likeness (QED) is 0.452. The van der Waals surface area contributed by atoms with Gasteiger partial charge in [0.25, 0.3) is 5.56 Å². The van der Waals surface area contributed by atoms with Gasteiger partial charge >= 0.3 is 5.69 Å². The summed E-state index contributed by atoms with van der Waals surface area (Å²) in [4.78, 5) is 41.7. The maximum Gasteiger partial charge on any atom is 0.333 e. The van der Waals surface area contributed by atoms with E-state index in [2.05, 4.69) is 10.3 Å². The van der Waals surface area contributed by atoms with Crippen molar-refractivity contribution in [2.24, 2.45) is 19.1 Å². The number of amides is 1. The zero-order valence-corrected chi connectivity index (χ0v) is 17.9. The van der Waals surface area contributed by atoms with Gasteiger partial charge in [0.1, 0.15) is 10.6 Å². The van der Waals surface area contributed by atoms with Gasteiger partial charge in [-0.05, 0) is 17.7 Å². The summed E-state index contributed by atoms with van der Waals surface area (Å²) >= 11 is 1.01. The van der Waals surface area contributed by atoms with Crippen molar-refractivity contribution in [2.75, 3.05) is 5.75 Å². The Labute approximate surface area is 182 Å². The molecule has 0 fully saturated rings. The average molecular weight is 439 g/mol. The lowest BCUT2D eigenvalue weighted by molar-refractivity contribution is -0.118. The molecule has 8 nitrogen and oxygen atoms in total. The lowest BCUT2D eigenvalue weighted by Crippen LogP contribution is -2.39. The zero-order chi connectivity index (χ0) is 22.4. The molecule has 3 aromatic rings. The van der Waals surface area contributed by atoms with Crippen LogP contribution in [-0.2, 0) is 25.4 Å². The smallest absolute Gasteiger partial charge is 0.333 e. The molecule has 0 spiro atoms. The third kappa shape index (κ3) is 5.32. The highest BCUT2D eigenvalue weighted by atomic mass is 32.2. The van der Waals surface area contributed by atoms with Gasteiger partial charge in [-0.2, -0.15) is 0 Å². The Balaban J connectivity index is 1.89. The number of thioether (sulfide) groups is 1. The van der Waals surface area contributed by atoms with Gasteiger partial charge in [-0.1, -0.05) is 60.3 Å². The van der Waals surface area contributed by atoms with Crippen molar-refractivity contribution in [3.63, 3.8) is 0 Å². The fourth-order valence-electron chi connectivity index (χ4n) is 2.78. The van der Waals surface area contributed by atoms with Crippen LogP contribution < -0.4 is 16.6 Å². The minimum atomic E-state index is -0.688. The molecule has 1 heterocycles. The van der Waals surface area contributed by atoms with Crippen LogP contribution >= 0.6 is 11.8 Å². The normalized spacial score (nSPS) is 11.4. The summed E-state index contributed by atoms with van der Waals surface area (Å²) in [5.41, 5.74) is 0.0336. The molecule has 0 aliphatic carbocycles. The van der Waals surface area contributed by atoms with Crippen LogP contribution in [0, 0.1) is 0 Å². The molecule has 0 saturated carbocycles. The van der Waals surface area contributed by atoms with Gasteiger partial charge in [-0.25, -0.2) is 9.79 Å². The summed E-state index contributed by atoms with van der Waals surface area (Å²) in [7, 11) is 2.68. The van der Waals surface area contributed by atoms with Gasteiger partial charge in [0.05, 0.1) is 11.4 Å². The average Bonchev–Trinajstić information content (AvgIpc) is 2.80. The molecular formula is C22H22N4O4S. The molecule has 1 aromatic heterocycles. The number of carbonyl (C=O) groups excluding carboxylic acids is 1. The first-order valence-electron chi connectivity index (χ1n) is 9.45. The number of hydrogen-bond donors (Lipinski definition) is 2. The largest absolute Gasteiger partial charge is 0.494 e. The van der Waals surface area contributed by atoms with E-state index in [0.29, 0.717) is 12.2 Å². The number of hydrogen-bond acceptors (Lipinski definition) is 6. The lowest BCUT2D eigenvalue weighted by Gasteiger charge is -2.12. The molecule has 0 atom stereocenters. The maximum absolute atomic E-state index is 12.7. The molecule has 0 aliphatic heterocycles. The van der Waals surface area contributed by atoms with Crippen LogP contribution in [0.3, 0.4) is 0 Å². The highest BCUT2D eigenvalue weighted by Gasteiger charge is 2.21. The van der Waals surface area contributed by atoms with E-state index < -0.39 is 17.1 Å². The number of carbonyl (C=O) groups is 1. The van der Waals surface area contributed by atoms with Crippen LogP contribution in [-0.4, -0.2) is 30.9 Å². The summed E-state index contributed by atoms with van der Waals surface area (Å²) in [6, 6.07) is 18.3. The first-order valence-corrected chi connectivity index (χ1v) is 10.4. The van der Waals surface area contributed by atoms with Crippen LogP contribution in [0.25, 0.3) is 0 Å². The Hall–Kier alpha value is -3.59. The summed E-state index contributed by atoms with van der Waals surface area (Å²) in [6.45, 7) is 0.373. The van der Waals surface area contributed by atoms with Crippen molar-refractivity contribution in [1.82, 2.24) is 14.5 Å². The number of aromatic nitrogens is 2. The number of aliphatic imine (C=N–C) groups is 1. The molecule has 0 aliphatic rings. The number of para-hydroxylation sites is 1. The van der Waals surface area contributed by atoms with E-state index in [-0.39, 0.29) is 22.3 Å². The summed E-state index contributed by atoms with van der Waals surface area (Å²) in [6.07, 6.45) is 0. The van der Waals surface area contributed by atoms with E-state index in [1.807, 2.05) is 36.4 Å². The number of aromatic hydroxyl groups is 1. The van der Waals surface area contributed by atoms with Crippen LogP contribution in [0.2, 0.25) is 0 Å². The van der Waals surface area contributed by atoms with Crippen LogP contribution in [0.1, 0.15) is 11.1 Å².